The molecule has 0 amide bonds. The molecule has 5 nitrogen and oxygen atoms in total. The predicted octanol–water partition coefficient (Wildman–Crippen LogP) is 3.85. The largest absolute Gasteiger partial charge is 0.482 e. The summed E-state index contributed by atoms with van der Waals surface area (Å²) in [5.74, 6) is -0.0452. The summed E-state index contributed by atoms with van der Waals surface area (Å²) in [7, 11) is 0. The Labute approximate surface area is 149 Å². The fourth-order valence-electron chi connectivity index (χ4n) is 2.67. The minimum absolute atomic E-state index is 0.215. The second-order valence-electron chi connectivity index (χ2n) is 5.62. The number of carbonyl (C=O) groups is 1. The Morgan fingerprint density at radius 1 is 1.15 bits per heavy atom. The van der Waals surface area contributed by atoms with Crippen LogP contribution in [-0.2, 0) is 9.53 Å². The van der Waals surface area contributed by atoms with Crippen LogP contribution in [0.2, 0.25) is 0 Å². The Kier molecular flexibility index (Phi) is 5.02. The molecule has 0 aliphatic rings. The standard InChI is InChI=1S/C20H17FO5/c1-3-24-18(22)11-25-15-8-9-16-17(10-15)26-12(2)19(20(16)23)13-4-6-14(21)7-5-13/h4-10H,3,11H2,1-2H3. The molecule has 0 spiro atoms. The molecule has 2 aromatic carbocycles. The summed E-state index contributed by atoms with van der Waals surface area (Å²) in [6.45, 7) is 3.44. The van der Waals surface area contributed by atoms with Gasteiger partial charge in [-0.25, -0.2) is 9.18 Å². The van der Waals surface area contributed by atoms with E-state index in [0.29, 0.717) is 33.6 Å². The maximum Gasteiger partial charge on any atom is 0.344 e. The summed E-state index contributed by atoms with van der Waals surface area (Å²) in [5.41, 5.74) is 1.10. The van der Waals surface area contributed by atoms with Gasteiger partial charge in [0.05, 0.1) is 17.6 Å². The molecule has 0 atom stereocenters. The van der Waals surface area contributed by atoms with Gasteiger partial charge in [-0.1, -0.05) is 12.1 Å². The maximum absolute atomic E-state index is 13.1. The molecular weight excluding hydrogens is 339 g/mol. The van der Waals surface area contributed by atoms with Gasteiger partial charge < -0.3 is 13.9 Å². The van der Waals surface area contributed by atoms with Crippen molar-refractivity contribution in [3.63, 3.8) is 0 Å². The number of aryl methyl sites for hydroxylation is 1. The van der Waals surface area contributed by atoms with Gasteiger partial charge in [0, 0.05) is 6.07 Å². The molecule has 0 bridgehead atoms. The van der Waals surface area contributed by atoms with Crippen molar-refractivity contribution >= 4 is 16.9 Å². The lowest BCUT2D eigenvalue weighted by Crippen LogP contribution is -2.14. The quantitative estimate of drug-likeness (QED) is 0.650. The van der Waals surface area contributed by atoms with E-state index in [4.69, 9.17) is 13.9 Å². The summed E-state index contributed by atoms with van der Waals surface area (Å²) < 4.78 is 29.0. The summed E-state index contributed by atoms with van der Waals surface area (Å²) in [6, 6.07) is 10.4. The van der Waals surface area contributed by atoms with Crippen molar-refractivity contribution in [1.29, 1.82) is 0 Å². The molecule has 0 radical (unpaired) electrons. The summed E-state index contributed by atoms with van der Waals surface area (Å²) in [4.78, 5) is 24.2. The van der Waals surface area contributed by atoms with Crippen LogP contribution in [0, 0.1) is 12.7 Å². The second-order valence-corrected chi connectivity index (χ2v) is 5.62. The molecule has 3 aromatic rings. The molecule has 0 aliphatic heterocycles. The fraction of sp³-hybridized carbons (Fsp3) is 0.200. The zero-order valence-electron chi connectivity index (χ0n) is 14.4. The van der Waals surface area contributed by atoms with E-state index >= 15 is 0 Å². The number of hydrogen-bond acceptors (Lipinski definition) is 5. The molecular formula is C20H17FO5. The molecule has 0 saturated carbocycles. The fourth-order valence-corrected chi connectivity index (χ4v) is 2.67. The van der Waals surface area contributed by atoms with Crippen LogP contribution in [-0.4, -0.2) is 19.2 Å². The topological polar surface area (TPSA) is 65.7 Å². The van der Waals surface area contributed by atoms with Gasteiger partial charge in [-0.05, 0) is 43.7 Å². The van der Waals surface area contributed by atoms with Gasteiger partial charge in [0.25, 0.3) is 0 Å². The average molecular weight is 356 g/mol. The van der Waals surface area contributed by atoms with E-state index in [9.17, 15) is 14.0 Å². The van der Waals surface area contributed by atoms with Crippen molar-refractivity contribution in [2.24, 2.45) is 0 Å². The SMILES string of the molecule is CCOC(=O)COc1ccc2c(=O)c(-c3ccc(F)cc3)c(C)oc2c1. The smallest absolute Gasteiger partial charge is 0.344 e. The van der Waals surface area contributed by atoms with E-state index in [1.807, 2.05) is 0 Å². The number of hydrogen-bond donors (Lipinski definition) is 0. The second kappa shape index (κ2) is 7.39. The number of esters is 1. The van der Waals surface area contributed by atoms with E-state index < -0.39 is 5.97 Å². The van der Waals surface area contributed by atoms with Crippen LogP contribution in [0.4, 0.5) is 4.39 Å². The average Bonchev–Trinajstić information content (AvgIpc) is 2.61. The van der Waals surface area contributed by atoms with Crippen LogP contribution < -0.4 is 10.2 Å². The Bertz CT molecular complexity index is 1010. The zero-order chi connectivity index (χ0) is 18.7. The van der Waals surface area contributed by atoms with Crippen LogP contribution in [0.1, 0.15) is 12.7 Å². The van der Waals surface area contributed by atoms with Crippen molar-refractivity contribution in [3.05, 3.63) is 64.3 Å². The number of ether oxygens (including phenoxy) is 2. The lowest BCUT2D eigenvalue weighted by atomic mass is 10.0. The molecule has 1 heterocycles. The minimum atomic E-state index is -0.475. The molecule has 0 fully saturated rings. The molecule has 6 heteroatoms. The Morgan fingerprint density at radius 3 is 2.58 bits per heavy atom. The van der Waals surface area contributed by atoms with Crippen molar-refractivity contribution in [3.8, 4) is 16.9 Å². The zero-order valence-corrected chi connectivity index (χ0v) is 14.4. The molecule has 0 N–H and O–H groups in total. The van der Waals surface area contributed by atoms with Gasteiger partial charge >= 0.3 is 5.97 Å². The van der Waals surface area contributed by atoms with Gasteiger partial charge in [-0.3, -0.25) is 4.79 Å². The summed E-state index contributed by atoms with van der Waals surface area (Å²) in [5, 5.41) is 0.374. The monoisotopic (exact) mass is 356 g/mol. The normalized spacial score (nSPS) is 10.7. The van der Waals surface area contributed by atoms with Gasteiger partial charge in [-0.2, -0.15) is 0 Å². The van der Waals surface area contributed by atoms with Gasteiger partial charge in [0.2, 0.25) is 5.43 Å². The highest BCUT2D eigenvalue weighted by Gasteiger charge is 2.14. The summed E-state index contributed by atoms with van der Waals surface area (Å²) >= 11 is 0. The first-order valence-corrected chi connectivity index (χ1v) is 8.11. The Balaban J connectivity index is 1.97. The molecule has 0 aliphatic carbocycles. The van der Waals surface area contributed by atoms with Crippen LogP contribution in [0.15, 0.2) is 51.7 Å². The van der Waals surface area contributed by atoms with Crippen molar-refractivity contribution in [2.45, 2.75) is 13.8 Å². The van der Waals surface area contributed by atoms with Crippen molar-refractivity contribution < 1.29 is 23.1 Å². The molecule has 0 saturated heterocycles. The van der Waals surface area contributed by atoms with Gasteiger partial charge in [-0.15, -0.1) is 0 Å². The van der Waals surface area contributed by atoms with Crippen LogP contribution in [0.5, 0.6) is 5.75 Å². The van der Waals surface area contributed by atoms with E-state index in [1.165, 1.54) is 24.3 Å². The van der Waals surface area contributed by atoms with Crippen LogP contribution in [0.25, 0.3) is 22.1 Å². The Morgan fingerprint density at radius 2 is 1.88 bits per heavy atom. The number of rotatable bonds is 5. The van der Waals surface area contributed by atoms with E-state index in [0.717, 1.165) is 0 Å². The van der Waals surface area contributed by atoms with Gasteiger partial charge in [0.15, 0.2) is 6.61 Å². The highest BCUT2D eigenvalue weighted by atomic mass is 19.1. The first kappa shape index (κ1) is 17.7. The maximum atomic E-state index is 13.1. The van der Waals surface area contributed by atoms with Gasteiger partial charge in [0.1, 0.15) is 22.9 Å². The van der Waals surface area contributed by atoms with E-state index in [-0.39, 0.29) is 24.5 Å². The van der Waals surface area contributed by atoms with E-state index in [2.05, 4.69) is 0 Å². The lowest BCUT2D eigenvalue weighted by molar-refractivity contribution is -0.145. The molecule has 134 valence electrons. The lowest BCUT2D eigenvalue weighted by Gasteiger charge is -2.09. The first-order chi connectivity index (χ1) is 12.5. The molecule has 26 heavy (non-hydrogen) atoms. The number of halogens is 1. The van der Waals surface area contributed by atoms with Crippen molar-refractivity contribution in [2.75, 3.05) is 13.2 Å². The highest BCUT2D eigenvalue weighted by molar-refractivity contribution is 5.83. The van der Waals surface area contributed by atoms with Crippen LogP contribution >= 0.6 is 0 Å². The minimum Gasteiger partial charge on any atom is -0.482 e. The van der Waals surface area contributed by atoms with E-state index in [1.54, 1.807) is 32.0 Å². The Hall–Kier alpha value is -3.15. The number of carbonyl (C=O) groups excluding carboxylic acids is 1. The highest BCUT2D eigenvalue weighted by Crippen LogP contribution is 2.26. The third-order valence-electron chi connectivity index (χ3n) is 3.83. The first-order valence-electron chi connectivity index (χ1n) is 8.11. The van der Waals surface area contributed by atoms with Crippen molar-refractivity contribution in [1.82, 2.24) is 0 Å². The molecule has 0 unspecified atom stereocenters. The van der Waals surface area contributed by atoms with Crippen LogP contribution in [0.3, 0.4) is 0 Å². The third-order valence-corrected chi connectivity index (χ3v) is 3.83. The molecule has 1 aromatic heterocycles. The number of fused-ring (bicyclic) bond motifs is 1. The predicted molar refractivity (Wildman–Crippen MR) is 94.7 cm³/mol. The third kappa shape index (κ3) is 3.59. The number of benzene rings is 2. The molecule has 3 rings (SSSR count). The summed E-state index contributed by atoms with van der Waals surface area (Å²) in [6.07, 6.45) is 0.